The normalized spacial score (nSPS) is 10.9. The first kappa shape index (κ1) is 10.5. The van der Waals surface area contributed by atoms with E-state index in [1.54, 1.807) is 6.92 Å². The fourth-order valence-corrected chi connectivity index (χ4v) is 0.945. The van der Waals surface area contributed by atoms with E-state index in [0.717, 1.165) is 6.08 Å². The van der Waals surface area contributed by atoms with Crippen LogP contribution in [0.15, 0.2) is 24.3 Å². The van der Waals surface area contributed by atoms with Crippen LogP contribution < -0.4 is 0 Å². The van der Waals surface area contributed by atoms with E-state index in [1.807, 2.05) is 0 Å². The smallest absolute Gasteiger partial charge is 0.194 e. The molecule has 0 amide bonds. The second kappa shape index (κ2) is 4.09. The zero-order valence-electron chi connectivity index (χ0n) is 7.35. The van der Waals surface area contributed by atoms with Crippen molar-refractivity contribution in [1.82, 2.24) is 0 Å². The predicted molar refractivity (Wildman–Crippen MR) is 45.5 cm³/mol. The first-order valence-electron chi connectivity index (χ1n) is 3.88. The van der Waals surface area contributed by atoms with Crippen molar-refractivity contribution in [2.24, 2.45) is 0 Å². The van der Waals surface area contributed by atoms with E-state index in [2.05, 4.69) is 0 Å². The van der Waals surface area contributed by atoms with E-state index in [-0.39, 0.29) is 5.56 Å². The Morgan fingerprint density at radius 3 is 2.14 bits per heavy atom. The molecule has 74 valence electrons. The van der Waals surface area contributed by atoms with Gasteiger partial charge in [-0.15, -0.1) is 0 Å². The lowest BCUT2D eigenvalue weighted by Crippen LogP contribution is -1.99. The lowest BCUT2D eigenvalue weighted by molar-refractivity contribution is 0.104. The minimum Gasteiger partial charge on any atom is -0.289 e. The molecule has 1 aromatic carbocycles. The largest absolute Gasteiger partial charge is 0.289 e. The Balaban J connectivity index is 3.19. The number of carbonyl (C=O) groups excluding carboxylic acids is 1. The van der Waals surface area contributed by atoms with Gasteiger partial charge in [-0.1, -0.05) is 6.08 Å². The van der Waals surface area contributed by atoms with Gasteiger partial charge in [-0.25, -0.2) is 13.2 Å². The number of hydrogen-bond acceptors (Lipinski definition) is 1. The van der Waals surface area contributed by atoms with Gasteiger partial charge in [-0.2, -0.15) is 0 Å². The average molecular weight is 200 g/mol. The predicted octanol–water partition coefficient (Wildman–Crippen LogP) is 2.86. The summed E-state index contributed by atoms with van der Waals surface area (Å²) in [5.74, 6) is -4.86. The molecular weight excluding hydrogens is 193 g/mol. The van der Waals surface area contributed by atoms with E-state index < -0.39 is 23.2 Å². The minimum atomic E-state index is -1.57. The van der Waals surface area contributed by atoms with Crippen molar-refractivity contribution in [3.63, 3.8) is 0 Å². The number of hydrogen-bond donors (Lipinski definition) is 0. The number of allylic oxidation sites excluding steroid dienone is 2. The summed E-state index contributed by atoms with van der Waals surface area (Å²) in [6, 6.07) is 1.33. The Bertz CT molecular complexity index is 373. The van der Waals surface area contributed by atoms with Crippen LogP contribution in [0.5, 0.6) is 0 Å². The molecule has 0 aliphatic rings. The highest BCUT2D eigenvalue weighted by molar-refractivity contribution is 6.04. The summed E-state index contributed by atoms with van der Waals surface area (Å²) in [7, 11) is 0. The molecule has 14 heavy (non-hydrogen) atoms. The second-order valence-electron chi connectivity index (χ2n) is 2.62. The fraction of sp³-hybridized carbons (Fsp3) is 0.100. The third-order valence-electron chi connectivity index (χ3n) is 1.59. The van der Waals surface area contributed by atoms with Crippen molar-refractivity contribution >= 4 is 5.78 Å². The van der Waals surface area contributed by atoms with E-state index >= 15 is 0 Å². The molecule has 0 radical (unpaired) electrons. The molecule has 0 N–H and O–H groups in total. The van der Waals surface area contributed by atoms with Crippen molar-refractivity contribution < 1.29 is 18.0 Å². The topological polar surface area (TPSA) is 17.1 Å². The molecule has 1 aromatic rings. The SMILES string of the molecule is C/C=C/C(=O)c1cc(F)c(F)c(F)c1. The third-order valence-corrected chi connectivity index (χ3v) is 1.59. The lowest BCUT2D eigenvalue weighted by Gasteiger charge is -1.98. The van der Waals surface area contributed by atoms with E-state index in [0.29, 0.717) is 12.1 Å². The van der Waals surface area contributed by atoms with Crippen LogP contribution in [-0.2, 0) is 0 Å². The minimum absolute atomic E-state index is 0.209. The molecule has 1 nitrogen and oxygen atoms in total. The van der Waals surface area contributed by atoms with Crippen molar-refractivity contribution in [2.75, 3.05) is 0 Å². The molecule has 0 saturated heterocycles. The Kier molecular flexibility index (Phi) is 3.06. The average Bonchev–Trinajstić information content (AvgIpc) is 2.13. The molecule has 4 heteroatoms. The molecule has 0 unspecified atom stereocenters. The van der Waals surface area contributed by atoms with Crippen LogP contribution in [0, 0.1) is 17.5 Å². The Hall–Kier alpha value is -1.58. The summed E-state index contributed by atoms with van der Waals surface area (Å²) in [5.41, 5.74) is -0.209. The quantitative estimate of drug-likeness (QED) is 0.407. The van der Waals surface area contributed by atoms with Crippen molar-refractivity contribution in [1.29, 1.82) is 0 Å². The van der Waals surface area contributed by atoms with Gasteiger partial charge in [-0.3, -0.25) is 4.79 Å². The zero-order chi connectivity index (χ0) is 10.7. The van der Waals surface area contributed by atoms with Gasteiger partial charge in [-0.05, 0) is 25.1 Å². The highest BCUT2D eigenvalue weighted by Crippen LogP contribution is 2.14. The first-order chi connectivity index (χ1) is 6.56. The van der Waals surface area contributed by atoms with Gasteiger partial charge in [0.25, 0.3) is 0 Å². The van der Waals surface area contributed by atoms with E-state index in [4.69, 9.17) is 0 Å². The Morgan fingerprint density at radius 2 is 1.71 bits per heavy atom. The zero-order valence-corrected chi connectivity index (χ0v) is 7.35. The molecule has 0 aliphatic carbocycles. The number of halogens is 3. The summed E-state index contributed by atoms with van der Waals surface area (Å²) in [5, 5.41) is 0. The van der Waals surface area contributed by atoms with Crippen LogP contribution in [-0.4, -0.2) is 5.78 Å². The van der Waals surface area contributed by atoms with Gasteiger partial charge in [0, 0.05) is 5.56 Å². The van der Waals surface area contributed by atoms with E-state index in [9.17, 15) is 18.0 Å². The maximum atomic E-state index is 12.6. The summed E-state index contributed by atoms with van der Waals surface area (Å²) in [6.07, 6.45) is 2.58. The molecule has 0 atom stereocenters. The molecule has 0 heterocycles. The summed E-state index contributed by atoms with van der Waals surface area (Å²) in [6.45, 7) is 1.59. The van der Waals surface area contributed by atoms with Crippen molar-refractivity contribution in [3.05, 3.63) is 47.3 Å². The fourth-order valence-electron chi connectivity index (χ4n) is 0.945. The molecular formula is C10H7F3O. The Labute approximate surface area is 78.9 Å². The molecule has 0 fully saturated rings. The van der Waals surface area contributed by atoms with Crippen LogP contribution in [0.25, 0.3) is 0 Å². The van der Waals surface area contributed by atoms with Crippen molar-refractivity contribution in [2.45, 2.75) is 6.92 Å². The number of carbonyl (C=O) groups is 1. The first-order valence-corrected chi connectivity index (χ1v) is 3.88. The highest BCUT2D eigenvalue weighted by atomic mass is 19.2. The van der Waals surface area contributed by atoms with Gasteiger partial charge in [0.05, 0.1) is 0 Å². The van der Waals surface area contributed by atoms with Crippen LogP contribution in [0.4, 0.5) is 13.2 Å². The number of rotatable bonds is 2. The summed E-state index contributed by atoms with van der Waals surface area (Å²) in [4.78, 5) is 11.1. The molecule has 0 bridgehead atoms. The van der Waals surface area contributed by atoms with Gasteiger partial charge in [0.2, 0.25) is 0 Å². The number of benzene rings is 1. The Morgan fingerprint density at radius 1 is 1.21 bits per heavy atom. The van der Waals surface area contributed by atoms with Crippen molar-refractivity contribution in [3.8, 4) is 0 Å². The molecule has 0 aromatic heterocycles. The van der Waals surface area contributed by atoms with Gasteiger partial charge < -0.3 is 0 Å². The van der Waals surface area contributed by atoms with Gasteiger partial charge in [0.15, 0.2) is 23.2 Å². The highest BCUT2D eigenvalue weighted by Gasteiger charge is 2.12. The number of ketones is 1. The van der Waals surface area contributed by atoms with E-state index in [1.165, 1.54) is 6.08 Å². The maximum absolute atomic E-state index is 12.6. The van der Waals surface area contributed by atoms with Crippen LogP contribution in [0.2, 0.25) is 0 Å². The third kappa shape index (κ3) is 2.02. The standard InChI is InChI=1S/C10H7F3O/c1-2-3-9(14)6-4-7(11)10(13)8(12)5-6/h2-5H,1H3/b3-2+. The lowest BCUT2D eigenvalue weighted by atomic mass is 10.1. The van der Waals surface area contributed by atoms with Crippen LogP contribution >= 0.6 is 0 Å². The van der Waals surface area contributed by atoms with Gasteiger partial charge >= 0.3 is 0 Å². The molecule has 0 saturated carbocycles. The second-order valence-corrected chi connectivity index (χ2v) is 2.62. The monoisotopic (exact) mass is 200 g/mol. The van der Waals surface area contributed by atoms with Crippen LogP contribution in [0.1, 0.15) is 17.3 Å². The van der Waals surface area contributed by atoms with Gasteiger partial charge in [0.1, 0.15) is 0 Å². The summed E-state index contributed by atoms with van der Waals surface area (Å²) >= 11 is 0. The molecule has 1 rings (SSSR count). The maximum Gasteiger partial charge on any atom is 0.194 e. The molecule has 0 spiro atoms. The molecule has 0 aliphatic heterocycles. The summed E-state index contributed by atoms with van der Waals surface area (Å²) < 4.78 is 37.8. The van der Waals surface area contributed by atoms with Crippen LogP contribution in [0.3, 0.4) is 0 Å².